The van der Waals surface area contributed by atoms with Gasteiger partial charge in [-0.05, 0) is 31.1 Å². The quantitative estimate of drug-likeness (QED) is 0.0346. The second-order valence-corrected chi connectivity index (χ2v) is 18.8. The maximum Gasteiger partial charge on any atom is 0.306 e. The van der Waals surface area contributed by atoms with Crippen molar-refractivity contribution in [2.75, 3.05) is 13.2 Å². The third kappa shape index (κ3) is 45.5. The number of hydrogen-bond acceptors (Lipinski definition) is 6. The minimum atomic E-state index is -0.761. The van der Waals surface area contributed by atoms with E-state index < -0.39 is 6.10 Å². The molecule has 0 radical (unpaired) electrons. The van der Waals surface area contributed by atoms with Crippen LogP contribution in [0.2, 0.25) is 0 Å². The second kappa shape index (κ2) is 44.9. The van der Waals surface area contributed by atoms with Crippen LogP contribution < -0.4 is 0 Å². The molecule has 1 atom stereocenters. The molecule has 6 nitrogen and oxygen atoms in total. The Kier molecular flexibility index (Phi) is 43.7. The smallest absolute Gasteiger partial charge is 0.306 e. The molecule has 344 valence electrons. The minimum absolute atomic E-state index is 0.0647. The van der Waals surface area contributed by atoms with Gasteiger partial charge < -0.3 is 14.2 Å². The van der Waals surface area contributed by atoms with Gasteiger partial charge in [-0.3, -0.25) is 14.4 Å². The molecule has 0 aromatic carbocycles. The molecular formula is C52H100O6. The van der Waals surface area contributed by atoms with Crippen LogP contribution in [0.15, 0.2) is 0 Å². The van der Waals surface area contributed by atoms with E-state index in [1.165, 1.54) is 173 Å². The molecule has 0 rings (SSSR count). The Labute approximate surface area is 361 Å². The SMILES string of the molecule is CCCCCCCCCCCCCCCC(=O)OC[C@@H](COC(=O)CCCCCCCCCCCCCCCCCC(C)C)OC(=O)CCCCCCCCC(C)C. The normalized spacial score (nSPS) is 12.1. The number of carbonyl (C=O) groups is 3. The lowest BCUT2D eigenvalue weighted by Gasteiger charge is -2.18. The largest absolute Gasteiger partial charge is 0.462 e. The molecule has 0 aromatic heterocycles. The summed E-state index contributed by atoms with van der Waals surface area (Å²) in [6.07, 6.45) is 45.3. The van der Waals surface area contributed by atoms with Crippen LogP contribution in [0, 0.1) is 11.8 Å². The van der Waals surface area contributed by atoms with Crippen LogP contribution in [0.3, 0.4) is 0 Å². The van der Waals surface area contributed by atoms with Gasteiger partial charge in [0.25, 0.3) is 0 Å². The molecule has 6 heteroatoms. The van der Waals surface area contributed by atoms with Crippen molar-refractivity contribution in [3.8, 4) is 0 Å². The first-order valence-corrected chi connectivity index (χ1v) is 25.7. The van der Waals surface area contributed by atoms with Crippen molar-refractivity contribution in [2.45, 2.75) is 291 Å². The standard InChI is InChI=1S/C52H100O6/c1-6-7-8-9-10-11-12-16-20-23-26-32-37-42-50(53)56-45-49(58-52(55)44-39-34-29-28-31-36-41-48(4)5)46-57-51(54)43-38-33-27-24-21-18-15-13-14-17-19-22-25-30-35-40-47(2)3/h47-49H,6-46H2,1-5H3/t49-/m0/s1. The van der Waals surface area contributed by atoms with Gasteiger partial charge >= 0.3 is 17.9 Å². The number of ether oxygens (including phenoxy) is 3. The molecule has 0 unspecified atom stereocenters. The molecule has 0 fully saturated rings. The Morgan fingerprint density at radius 1 is 0.328 bits per heavy atom. The van der Waals surface area contributed by atoms with Gasteiger partial charge in [-0.2, -0.15) is 0 Å². The zero-order valence-corrected chi connectivity index (χ0v) is 39.7. The van der Waals surface area contributed by atoms with Crippen LogP contribution in [0.1, 0.15) is 285 Å². The summed E-state index contributed by atoms with van der Waals surface area (Å²) >= 11 is 0. The average molecular weight is 821 g/mol. The lowest BCUT2D eigenvalue weighted by atomic mass is 10.0. The van der Waals surface area contributed by atoms with Gasteiger partial charge in [-0.25, -0.2) is 0 Å². The van der Waals surface area contributed by atoms with E-state index >= 15 is 0 Å². The predicted molar refractivity (Wildman–Crippen MR) is 247 cm³/mol. The van der Waals surface area contributed by atoms with Crippen molar-refractivity contribution in [1.82, 2.24) is 0 Å². The Hall–Kier alpha value is -1.59. The molecular weight excluding hydrogens is 721 g/mol. The summed E-state index contributed by atoms with van der Waals surface area (Å²) in [4.78, 5) is 37.8. The number of unbranched alkanes of at least 4 members (excludes halogenated alkanes) is 31. The molecule has 0 aliphatic rings. The molecule has 0 saturated heterocycles. The topological polar surface area (TPSA) is 78.9 Å². The van der Waals surface area contributed by atoms with Crippen molar-refractivity contribution in [1.29, 1.82) is 0 Å². The van der Waals surface area contributed by atoms with Crippen LogP contribution in [-0.4, -0.2) is 37.2 Å². The van der Waals surface area contributed by atoms with Gasteiger partial charge in [0.15, 0.2) is 6.10 Å². The Balaban J connectivity index is 4.22. The first-order chi connectivity index (χ1) is 28.2. The summed E-state index contributed by atoms with van der Waals surface area (Å²) in [5.41, 5.74) is 0. The van der Waals surface area contributed by atoms with E-state index in [-0.39, 0.29) is 31.1 Å². The van der Waals surface area contributed by atoms with E-state index in [0.29, 0.717) is 19.3 Å². The molecule has 0 spiro atoms. The maximum atomic E-state index is 12.7. The number of rotatable bonds is 46. The zero-order valence-electron chi connectivity index (χ0n) is 39.7. The average Bonchev–Trinajstić information content (AvgIpc) is 3.19. The van der Waals surface area contributed by atoms with E-state index in [1.807, 2.05) is 0 Å². The van der Waals surface area contributed by atoms with E-state index in [2.05, 4.69) is 34.6 Å². The Morgan fingerprint density at radius 3 is 0.845 bits per heavy atom. The zero-order chi connectivity index (χ0) is 42.6. The number of carbonyl (C=O) groups excluding carboxylic acids is 3. The minimum Gasteiger partial charge on any atom is -0.462 e. The molecule has 0 N–H and O–H groups in total. The summed E-state index contributed by atoms with van der Waals surface area (Å²) in [5.74, 6) is 0.754. The van der Waals surface area contributed by atoms with Gasteiger partial charge in [-0.1, -0.05) is 247 Å². The lowest BCUT2D eigenvalue weighted by Crippen LogP contribution is -2.30. The third-order valence-corrected chi connectivity index (χ3v) is 11.7. The van der Waals surface area contributed by atoms with Gasteiger partial charge in [0.1, 0.15) is 13.2 Å². The maximum absolute atomic E-state index is 12.7. The summed E-state index contributed by atoms with van der Waals surface area (Å²) in [6.45, 7) is 11.3. The van der Waals surface area contributed by atoms with Gasteiger partial charge in [-0.15, -0.1) is 0 Å². The monoisotopic (exact) mass is 821 g/mol. The third-order valence-electron chi connectivity index (χ3n) is 11.7. The molecule has 0 aromatic rings. The molecule has 0 aliphatic carbocycles. The summed E-state index contributed by atoms with van der Waals surface area (Å²) < 4.78 is 16.8. The predicted octanol–water partition coefficient (Wildman–Crippen LogP) is 16.5. The van der Waals surface area contributed by atoms with Crippen LogP contribution in [0.25, 0.3) is 0 Å². The van der Waals surface area contributed by atoms with Crippen molar-refractivity contribution < 1.29 is 28.6 Å². The number of esters is 3. The highest BCUT2D eigenvalue weighted by molar-refractivity contribution is 5.71. The Morgan fingerprint density at radius 2 is 0.569 bits per heavy atom. The fourth-order valence-corrected chi connectivity index (χ4v) is 7.81. The van der Waals surface area contributed by atoms with Gasteiger partial charge in [0.05, 0.1) is 0 Å². The molecule has 58 heavy (non-hydrogen) atoms. The van der Waals surface area contributed by atoms with E-state index in [0.717, 1.165) is 69.6 Å². The van der Waals surface area contributed by atoms with Crippen molar-refractivity contribution in [2.24, 2.45) is 11.8 Å². The summed E-state index contributed by atoms with van der Waals surface area (Å²) in [5, 5.41) is 0. The van der Waals surface area contributed by atoms with Gasteiger partial charge in [0, 0.05) is 19.3 Å². The van der Waals surface area contributed by atoms with Gasteiger partial charge in [0.2, 0.25) is 0 Å². The first kappa shape index (κ1) is 56.4. The highest BCUT2D eigenvalue weighted by Crippen LogP contribution is 2.17. The van der Waals surface area contributed by atoms with Crippen LogP contribution in [0.4, 0.5) is 0 Å². The molecule has 0 aliphatic heterocycles. The van der Waals surface area contributed by atoms with E-state index in [9.17, 15) is 14.4 Å². The van der Waals surface area contributed by atoms with Crippen LogP contribution in [0.5, 0.6) is 0 Å². The Bertz CT molecular complexity index is 885. The summed E-state index contributed by atoms with van der Waals surface area (Å²) in [6, 6.07) is 0. The van der Waals surface area contributed by atoms with Crippen LogP contribution >= 0.6 is 0 Å². The number of hydrogen-bond donors (Lipinski definition) is 0. The van der Waals surface area contributed by atoms with E-state index in [1.54, 1.807) is 0 Å². The van der Waals surface area contributed by atoms with Crippen LogP contribution in [-0.2, 0) is 28.6 Å². The molecule has 0 saturated carbocycles. The lowest BCUT2D eigenvalue weighted by molar-refractivity contribution is -0.167. The second-order valence-electron chi connectivity index (χ2n) is 18.8. The molecule has 0 bridgehead atoms. The van der Waals surface area contributed by atoms with E-state index in [4.69, 9.17) is 14.2 Å². The van der Waals surface area contributed by atoms with Crippen molar-refractivity contribution in [3.63, 3.8) is 0 Å². The van der Waals surface area contributed by atoms with Crippen molar-refractivity contribution >= 4 is 17.9 Å². The molecule has 0 amide bonds. The first-order valence-electron chi connectivity index (χ1n) is 25.7. The fourth-order valence-electron chi connectivity index (χ4n) is 7.81. The fraction of sp³-hybridized carbons (Fsp3) is 0.942. The molecule has 0 heterocycles. The highest BCUT2D eigenvalue weighted by atomic mass is 16.6. The summed E-state index contributed by atoms with van der Waals surface area (Å²) in [7, 11) is 0. The van der Waals surface area contributed by atoms with Crippen molar-refractivity contribution in [3.05, 3.63) is 0 Å². The highest BCUT2D eigenvalue weighted by Gasteiger charge is 2.19.